The van der Waals surface area contributed by atoms with Gasteiger partial charge in [-0.25, -0.2) is 4.39 Å². The summed E-state index contributed by atoms with van der Waals surface area (Å²) < 4.78 is 19.3. The second-order valence-electron chi connectivity index (χ2n) is 4.71. The third-order valence-electron chi connectivity index (χ3n) is 3.00. The summed E-state index contributed by atoms with van der Waals surface area (Å²) in [6, 6.07) is 12.4. The average molecular weight is 259 g/mol. The van der Waals surface area contributed by atoms with Crippen molar-refractivity contribution in [2.45, 2.75) is 26.5 Å². The molecule has 0 fully saturated rings. The van der Waals surface area contributed by atoms with Crippen molar-refractivity contribution in [3.05, 3.63) is 65.0 Å². The second-order valence-corrected chi connectivity index (χ2v) is 4.71. The van der Waals surface area contributed by atoms with Crippen molar-refractivity contribution in [3.63, 3.8) is 0 Å². The Bertz CT molecular complexity index is 566. The van der Waals surface area contributed by atoms with E-state index in [-0.39, 0.29) is 18.5 Å². The van der Waals surface area contributed by atoms with Crippen LogP contribution in [0.5, 0.6) is 5.75 Å². The molecule has 2 nitrogen and oxygen atoms in total. The van der Waals surface area contributed by atoms with Gasteiger partial charge in [-0.2, -0.15) is 0 Å². The first-order chi connectivity index (χ1) is 9.08. The Morgan fingerprint density at radius 2 is 1.95 bits per heavy atom. The Morgan fingerprint density at radius 3 is 2.63 bits per heavy atom. The van der Waals surface area contributed by atoms with Gasteiger partial charge in [0.05, 0.1) is 0 Å². The van der Waals surface area contributed by atoms with Gasteiger partial charge in [0.2, 0.25) is 0 Å². The number of ether oxygens (including phenoxy) is 1. The van der Waals surface area contributed by atoms with Gasteiger partial charge < -0.3 is 10.5 Å². The van der Waals surface area contributed by atoms with Crippen molar-refractivity contribution in [1.82, 2.24) is 0 Å². The summed E-state index contributed by atoms with van der Waals surface area (Å²) in [5.41, 5.74) is 8.47. The highest BCUT2D eigenvalue weighted by molar-refractivity contribution is 5.39. The molecule has 2 rings (SSSR count). The van der Waals surface area contributed by atoms with E-state index in [1.54, 1.807) is 18.2 Å². The van der Waals surface area contributed by atoms with Crippen LogP contribution in [0.2, 0.25) is 0 Å². The number of rotatable bonds is 4. The summed E-state index contributed by atoms with van der Waals surface area (Å²) in [6.07, 6.45) is 0. The van der Waals surface area contributed by atoms with Crippen molar-refractivity contribution in [3.8, 4) is 5.75 Å². The SMILES string of the molecule is Cc1ccc([C@H](C)N)c(OCc2ccccc2F)c1. The molecule has 2 aromatic carbocycles. The van der Waals surface area contributed by atoms with Gasteiger partial charge >= 0.3 is 0 Å². The molecule has 3 heteroatoms. The normalized spacial score (nSPS) is 12.2. The highest BCUT2D eigenvalue weighted by atomic mass is 19.1. The van der Waals surface area contributed by atoms with Crippen molar-refractivity contribution in [2.24, 2.45) is 5.73 Å². The van der Waals surface area contributed by atoms with Crippen LogP contribution >= 0.6 is 0 Å². The van der Waals surface area contributed by atoms with Crippen LogP contribution in [0.1, 0.15) is 29.7 Å². The fourth-order valence-electron chi connectivity index (χ4n) is 1.91. The predicted molar refractivity (Wildman–Crippen MR) is 74.5 cm³/mol. The molecule has 0 aliphatic rings. The van der Waals surface area contributed by atoms with Gasteiger partial charge in [0.15, 0.2) is 0 Å². The van der Waals surface area contributed by atoms with Gasteiger partial charge in [0.1, 0.15) is 18.2 Å². The van der Waals surface area contributed by atoms with E-state index in [1.165, 1.54) is 6.07 Å². The number of nitrogens with two attached hydrogens (primary N) is 1. The van der Waals surface area contributed by atoms with Crippen molar-refractivity contribution in [1.29, 1.82) is 0 Å². The minimum atomic E-state index is -0.252. The number of benzene rings is 2. The standard InChI is InChI=1S/C16H18FNO/c1-11-7-8-14(12(2)18)16(9-11)19-10-13-5-3-4-6-15(13)17/h3-9,12H,10,18H2,1-2H3/t12-/m0/s1. The summed E-state index contributed by atoms with van der Waals surface area (Å²) >= 11 is 0. The lowest BCUT2D eigenvalue weighted by atomic mass is 10.1. The molecule has 0 bridgehead atoms. The van der Waals surface area contributed by atoms with Gasteiger partial charge in [-0.1, -0.05) is 30.3 Å². The Labute approximate surface area is 113 Å². The summed E-state index contributed by atoms with van der Waals surface area (Å²) in [7, 11) is 0. The minimum absolute atomic E-state index is 0.115. The van der Waals surface area contributed by atoms with Crippen LogP contribution in [-0.2, 0) is 6.61 Å². The van der Waals surface area contributed by atoms with E-state index in [0.29, 0.717) is 5.56 Å². The number of aryl methyl sites for hydroxylation is 1. The molecule has 2 aromatic rings. The molecular weight excluding hydrogens is 241 g/mol. The molecule has 0 aliphatic heterocycles. The number of hydrogen-bond donors (Lipinski definition) is 1. The fourth-order valence-corrected chi connectivity index (χ4v) is 1.91. The molecule has 0 radical (unpaired) electrons. The van der Waals surface area contributed by atoms with E-state index in [9.17, 15) is 4.39 Å². The zero-order valence-corrected chi connectivity index (χ0v) is 11.2. The summed E-state index contributed by atoms with van der Waals surface area (Å²) in [6.45, 7) is 4.09. The molecule has 0 saturated carbocycles. The molecule has 0 heterocycles. The zero-order valence-electron chi connectivity index (χ0n) is 11.2. The first-order valence-corrected chi connectivity index (χ1v) is 6.30. The van der Waals surface area contributed by atoms with Crippen LogP contribution in [0.3, 0.4) is 0 Å². The molecule has 1 atom stereocenters. The molecule has 0 spiro atoms. The molecule has 0 aromatic heterocycles. The van der Waals surface area contributed by atoms with Crippen LogP contribution in [0, 0.1) is 12.7 Å². The van der Waals surface area contributed by atoms with Crippen LogP contribution in [-0.4, -0.2) is 0 Å². The monoisotopic (exact) mass is 259 g/mol. The van der Waals surface area contributed by atoms with Gasteiger partial charge in [-0.15, -0.1) is 0 Å². The van der Waals surface area contributed by atoms with Gasteiger partial charge in [0.25, 0.3) is 0 Å². The third kappa shape index (κ3) is 3.32. The maximum Gasteiger partial charge on any atom is 0.129 e. The molecule has 2 N–H and O–H groups in total. The van der Waals surface area contributed by atoms with E-state index in [2.05, 4.69) is 0 Å². The molecule has 100 valence electrons. The lowest BCUT2D eigenvalue weighted by molar-refractivity contribution is 0.295. The first kappa shape index (κ1) is 13.6. The van der Waals surface area contributed by atoms with E-state index < -0.39 is 0 Å². The smallest absolute Gasteiger partial charge is 0.129 e. The molecule has 0 amide bonds. The van der Waals surface area contributed by atoms with Crippen LogP contribution in [0.25, 0.3) is 0 Å². The second kappa shape index (κ2) is 5.85. The molecular formula is C16H18FNO. The average Bonchev–Trinajstić information content (AvgIpc) is 2.37. The van der Waals surface area contributed by atoms with Crippen molar-refractivity contribution < 1.29 is 9.13 Å². The van der Waals surface area contributed by atoms with Crippen LogP contribution < -0.4 is 10.5 Å². The van der Waals surface area contributed by atoms with E-state index in [1.807, 2.05) is 32.0 Å². The molecule has 19 heavy (non-hydrogen) atoms. The summed E-state index contributed by atoms with van der Waals surface area (Å²) in [5.74, 6) is 0.468. The first-order valence-electron chi connectivity index (χ1n) is 6.30. The van der Waals surface area contributed by atoms with Gasteiger partial charge in [0, 0.05) is 17.2 Å². The molecule has 0 aliphatic carbocycles. The Hall–Kier alpha value is -1.87. The number of hydrogen-bond acceptors (Lipinski definition) is 2. The quantitative estimate of drug-likeness (QED) is 0.908. The van der Waals surface area contributed by atoms with Crippen molar-refractivity contribution in [2.75, 3.05) is 0 Å². The summed E-state index contributed by atoms with van der Waals surface area (Å²) in [4.78, 5) is 0. The minimum Gasteiger partial charge on any atom is -0.488 e. The van der Waals surface area contributed by atoms with Crippen molar-refractivity contribution >= 4 is 0 Å². The van der Waals surface area contributed by atoms with Gasteiger partial charge in [-0.05, 0) is 31.5 Å². The van der Waals surface area contributed by atoms with Crippen LogP contribution in [0.15, 0.2) is 42.5 Å². The molecule has 0 saturated heterocycles. The fraction of sp³-hybridized carbons (Fsp3) is 0.250. The lowest BCUT2D eigenvalue weighted by Gasteiger charge is -2.15. The predicted octanol–water partition coefficient (Wildman–Crippen LogP) is 3.73. The van der Waals surface area contributed by atoms with E-state index in [0.717, 1.165) is 16.9 Å². The largest absolute Gasteiger partial charge is 0.488 e. The lowest BCUT2D eigenvalue weighted by Crippen LogP contribution is -2.08. The van der Waals surface area contributed by atoms with E-state index >= 15 is 0 Å². The topological polar surface area (TPSA) is 35.2 Å². The van der Waals surface area contributed by atoms with Gasteiger partial charge in [-0.3, -0.25) is 0 Å². The molecule has 0 unspecified atom stereocenters. The maximum atomic E-state index is 13.5. The highest BCUT2D eigenvalue weighted by Crippen LogP contribution is 2.26. The van der Waals surface area contributed by atoms with E-state index in [4.69, 9.17) is 10.5 Å². The Morgan fingerprint density at radius 1 is 1.21 bits per heavy atom. The number of halogens is 1. The summed E-state index contributed by atoms with van der Waals surface area (Å²) in [5, 5.41) is 0. The third-order valence-corrected chi connectivity index (χ3v) is 3.00. The highest BCUT2D eigenvalue weighted by Gasteiger charge is 2.09. The maximum absolute atomic E-state index is 13.5. The zero-order chi connectivity index (χ0) is 13.8. The van der Waals surface area contributed by atoms with Crippen LogP contribution in [0.4, 0.5) is 4.39 Å². The Kier molecular flexibility index (Phi) is 4.17. The Balaban J connectivity index is 2.19.